The number of anilines is 1. The molecule has 5 nitrogen and oxygen atoms in total. The highest BCUT2D eigenvalue weighted by Crippen LogP contribution is 2.23. The summed E-state index contributed by atoms with van der Waals surface area (Å²) in [6.07, 6.45) is 2.55. The van der Waals surface area contributed by atoms with Crippen LogP contribution in [0.1, 0.15) is 50.2 Å². The zero-order chi connectivity index (χ0) is 16.3. The number of amides is 1. The number of rotatable bonds is 4. The lowest BCUT2D eigenvalue weighted by Crippen LogP contribution is -2.14. The molecule has 0 spiro atoms. The molecule has 0 saturated carbocycles. The molecule has 0 saturated heterocycles. The first-order valence-corrected chi connectivity index (χ1v) is 7.45. The number of nitrogens with zero attached hydrogens (tertiary/aromatic N) is 2. The summed E-state index contributed by atoms with van der Waals surface area (Å²) in [5, 5.41) is 2.87. The van der Waals surface area contributed by atoms with Crippen molar-refractivity contribution in [3.63, 3.8) is 0 Å². The lowest BCUT2D eigenvalue weighted by Gasteiger charge is -2.13. The number of oxazole rings is 1. The Bertz CT molecular complexity index is 669. The van der Waals surface area contributed by atoms with Gasteiger partial charge in [0, 0.05) is 24.0 Å². The van der Waals surface area contributed by atoms with E-state index < -0.39 is 0 Å². The van der Waals surface area contributed by atoms with E-state index in [2.05, 4.69) is 36.1 Å². The van der Waals surface area contributed by atoms with Crippen LogP contribution in [0.4, 0.5) is 5.69 Å². The summed E-state index contributed by atoms with van der Waals surface area (Å²) in [7, 11) is 0. The van der Waals surface area contributed by atoms with Gasteiger partial charge < -0.3 is 9.73 Å². The van der Waals surface area contributed by atoms with Crippen molar-refractivity contribution in [2.75, 3.05) is 5.32 Å². The number of aryl methyl sites for hydroxylation is 3. The molecule has 22 heavy (non-hydrogen) atoms. The Morgan fingerprint density at radius 3 is 2.59 bits per heavy atom. The first-order valence-electron chi connectivity index (χ1n) is 7.45. The third-order valence-corrected chi connectivity index (χ3v) is 3.36. The minimum atomic E-state index is -0.0712. The molecular weight excluding hydrogens is 278 g/mol. The number of carbonyl (C=O) groups excluding carboxylic acids is 1. The minimum absolute atomic E-state index is 0.0655. The zero-order valence-corrected chi connectivity index (χ0v) is 13.9. The lowest BCUT2D eigenvalue weighted by molar-refractivity contribution is -0.116. The second kappa shape index (κ2) is 6.30. The molecule has 0 fully saturated rings. The Labute approximate surface area is 131 Å². The summed E-state index contributed by atoms with van der Waals surface area (Å²) in [4.78, 5) is 20.6. The van der Waals surface area contributed by atoms with E-state index in [9.17, 15) is 4.79 Å². The maximum atomic E-state index is 12.0. The highest BCUT2D eigenvalue weighted by molar-refractivity contribution is 5.91. The molecule has 0 unspecified atom stereocenters. The molecule has 0 aromatic carbocycles. The van der Waals surface area contributed by atoms with Gasteiger partial charge in [-0.25, -0.2) is 4.98 Å². The Hall–Kier alpha value is -2.17. The SMILES string of the molecule is Cc1ccc(NC(=O)CCc2ncc(C(C)(C)C)o2)c(C)n1. The van der Waals surface area contributed by atoms with Gasteiger partial charge in [-0.3, -0.25) is 9.78 Å². The molecule has 2 rings (SSSR count). The van der Waals surface area contributed by atoms with Crippen molar-refractivity contribution < 1.29 is 9.21 Å². The molecule has 2 aromatic heterocycles. The van der Waals surface area contributed by atoms with Crippen LogP contribution in [0.2, 0.25) is 0 Å². The molecule has 0 atom stereocenters. The van der Waals surface area contributed by atoms with E-state index in [1.54, 1.807) is 6.20 Å². The first-order chi connectivity index (χ1) is 10.3. The van der Waals surface area contributed by atoms with Gasteiger partial charge in [0.2, 0.25) is 5.91 Å². The average Bonchev–Trinajstić information content (AvgIpc) is 2.88. The van der Waals surface area contributed by atoms with E-state index in [0.29, 0.717) is 18.7 Å². The Kier molecular flexibility index (Phi) is 4.64. The molecule has 118 valence electrons. The van der Waals surface area contributed by atoms with Crippen molar-refractivity contribution >= 4 is 11.6 Å². The predicted octanol–water partition coefficient (Wildman–Crippen LogP) is 3.56. The predicted molar refractivity (Wildman–Crippen MR) is 85.9 cm³/mol. The van der Waals surface area contributed by atoms with Gasteiger partial charge >= 0.3 is 0 Å². The van der Waals surface area contributed by atoms with Gasteiger partial charge in [0.15, 0.2) is 5.89 Å². The van der Waals surface area contributed by atoms with E-state index in [1.165, 1.54) is 0 Å². The zero-order valence-electron chi connectivity index (χ0n) is 13.9. The van der Waals surface area contributed by atoms with Crippen molar-refractivity contribution in [2.45, 2.75) is 52.9 Å². The largest absolute Gasteiger partial charge is 0.445 e. The van der Waals surface area contributed by atoms with Gasteiger partial charge in [-0.2, -0.15) is 0 Å². The van der Waals surface area contributed by atoms with Crippen LogP contribution in [0.3, 0.4) is 0 Å². The molecule has 0 aliphatic rings. The monoisotopic (exact) mass is 301 g/mol. The minimum Gasteiger partial charge on any atom is -0.445 e. The Morgan fingerprint density at radius 1 is 1.27 bits per heavy atom. The van der Waals surface area contributed by atoms with Gasteiger partial charge in [0.25, 0.3) is 0 Å². The number of hydrogen-bond donors (Lipinski definition) is 1. The van der Waals surface area contributed by atoms with E-state index in [1.807, 2.05) is 26.0 Å². The molecule has 0 aliphatic heterocycles. The summed E-state index contributed by atoms with van der Waals surface area (Å²) < 4.78 is 5.68. The summed E-state index contributed by atoms with van der Waals surface area (Å²) in [5.74, 6) is 1.37. The van der Waals surface area contributed by atoms with Crippen LogP contribution >= 0.6 is 0 Å². The second-order valence-corrected chi connectivity index (χ2v) is 6.50. The lowest BCUT2D eigenvalue weighted by atomic mass is 9.94. The fourth-order valence-electron chi connectivity index (χ4n) is 2.02. The number of hydrogen-bond acceptors (Lipinski definition) is 4. The van der Waals surface area contributed by atoms with Crippen molar-refractivity contribution in [1.29, 1.82) is 0 Å². The van der Waals surface area contributed by atoms with E-state index in [0.717, 1.165) is 22.8 Å². The molecule has 0 radical (unpaired) electrons. The summed E-state index contributed by atoms with van der Waals surface area (Å²) in [5.41, 5.74) is 2.43. The van der Waals surface area contributed by atoms with Gasteiger partial charge in [-0.05, 0) is 26.0 Å². The Morgan fingerprint density at radius 2 is 2.00 bits per heavy atom. The molecule has 1 amide bonds. The highest BCUT2D eigenvalue weighted by Gasteiger charge is 2.19. The molecule has 2 aromatic rings. The van der Waals surface area contributed by atoms with E-state index in [4.69, 9.17) is 4.42 Å². The van der Waals surface area contributed by atoms with Crippen LogP contribution in [0.25, 0.3) is 0 Å². The van der Waals surface area contributed by atoms with Gasteiger partial charge in [0.1, 0.15) is 5.76 Å². The van der Waals surface area contributed by atoms with Crippen LogP contribution in [0.5, 0.6) is 0 Å². The van der Waals surface area contributed by atoms with E-state index in [-0.39, 0.29) is 11.3 Å². The third-order valence-electron chi connectivity index (χ3n) is 3.36. The normalized spacial score (nSPS) is 11.5. The quantitative estimate of drug-likeness (QED) is 0.937. The molecule has 5 heteroatoms. The number of carbonyl (C=O) groups is 1. The maximum Gasteiger partial charge on any atom is 0.224 e. The van der Waals surface area contributed by atoms with Crippen molar-refractivity contribution in [1.82, 2.24) is 9.97 Å². The standard InChI is InChI=1S/C17H23N3O2/c1-11-6-7-13(12(2)19-11)20-15(21)8-9-16-18-10-14(22-16)17(3,4)5/h6-7,10H,8-9H2,1-5H3,(H,20,21). The third kappa shape index (κ3) is 4.16. The number of nitrogens with one attached hydrogen (secondary N) is 1. The smallest absolute Gasteiger partial charge is 0.224 e. The summed E-state index contributed by atoms with van der Waals surface area (Å²) >= 11 is 0. The van der Waals surface area contributed by atoms with Crippen LogP contribution < -0.4 is 5.32 Å². The van der Waals surface area contributed by atoms with Crippen molar-refractivity contribution in [2.24, 2.45) is 0 Å². The van der Waals surface area contributed by atoms with Crippen molar-refractivity contribution in [3.05, 3.63) is 41.4 Å². The number of pyridine rings is 1. The molecule has 0 aliphatic carbocycles. The molecule has 0 bridgehead atoms. The van der Waals surface area contributed by atoms with Crippen LogP contribution in [-0.2, 0) is 16.6 Å². The molecule has 1 N–H and O–H groups in total. The van der Waals surface area contributed by atoms with Gasteiger partial charge in [0.05, 0.1) is 17.6 Å². The van der Waals surface area contributed by atoms with Crippen LogP contribution in [0, 0.1) is 13.8 Å². The molecular formula is C17H23N3O2. The maximum absolute atomic E-state index is 12.0. The summed E-state index contributed by atoms with van der Waals surface area (Å²) in [6.45, 7) is 10.0. The second-order valence-electron chi connectivity index (χ2n) is 6.50. The molecule has 2 heterocycles. The van der Waals surface area contributed by atoms with Gasteiger partial charge in [-0.15, -0.1) is 0 Å². The number of aromatic nitrogens is 2. The fourth-order valence-corrected chi connectivity index (χ4v) is 2.02. The first kappa shape index (κ1) is 16.2. The van der Waals surface area contributed by atoms with Gasteiger partial charge in [-0.1, -0.05) is 20.8 Å². The topological polar surface area (TPSA) is 68.0 Å². The van der Waals surface area contributed by atoms with Crippen LogP contribution in [0.15, 0.2) is 22.7 Å². The highest BCUT2D eigenvalue weighted by atomic mass is 16.4. The van der Waals surface area contributed by atoms with Crippen molar-refractivity contribution in [3.8, 4) is 0 Å². The average molecular weight is 301 g/mol. The summed E-state index contributed by atoms with van der Waals surface area (Å²) in [6, 6.07) is 3.75. The van der Waals surface area contributed by atoms with E-state index >= 15 is 0 Å². The van der Waals surface area contributed by atoms with Crippen LogP contribution in [-0.4, -0.2) is 15.9 Å². The Balaban J connectivity index is 1.91. The fraction of sp³-hybridized carbons (Fsp3) is 0.471.